The van der Waals surface area contributed by atoms with Crippen molar-refractivity contribution in [3.8, 4) is 0 Å². The van der Waals surface area contributed by atoms with Crippen molar-refractivity contribution in [1.29, 1.82) is 0 Å². The molecule has 124 valence electrons. The first kappa shape index (κ1) is 16.8. The first-order valence-corrected chi connectivity index (χ1v) is 8.29. The Labute approximate surface area is 134 Å². The lowest BCUT2D eigenvalue weighted by atomic mass is 9.98. The average Bonchev–Trinajstić information content (AvgIpc) is 3.05. The Hall–Kier alpha value is -1.56. The van der Waals surface area contributed by atoms with E-state index in [2.05, 4.69) is 39.5 Å². The van der Waals surface area contributed by atoms with E-state index in [0.29, 0.717) is 0 Å². The van der Waals surface area contributed by atoms with Gasteiger partial charge in [0.2, 0.25) is 0 Å². The lowest BCUT2D eigenvalue weighted by molar-refractivity contribution is 0.0982. The Morgan fingerprint density at radius 1 is 1.23 bits per heavy atom. The van der Waals surface area contributed by atoms with Gasteiger partial charge in [0.15, 0.2) is 5.96 Å². The first-order valence-electron chi connectivity index (χ1n) is 8.29. The van der Waals surface area contributed by atoms with Crippen LogP contribution in [0.15, 0.2) is 23.5 Å². The van der Waals surface area contributed by atoms with E-state index >= 15 is 0 Å². The highest BCUT2D eigenvalue weighted by atomic mass is 15.3. The van der Waals surface area contributed by atoms with Gasteiger partial charge in [-0.25, -0.2) is 0 Å². The molecule has 1 aliphatic heterocycles. The zero-order valence-corrected chi connectivity index (χ0v) is 14.2. The number of guanidine groups is 1. The van der Waals surface area contributed by atoms with Crippen LogP contribution in [0, 0.1) is 0 Å². The van der Waals surface area contributed by atoms with Gasteiger partial charge in [0.1, 0.15) is 0 Å². The van der Waals surface area contributed by atoms with Crippen LogP contribution < -0.4 is 10.6 Å². The van der Waals surface area contributed by atoms with Crippen LogP contribution in [0.4, 0.5) is 0 Å². The zero-order valence-electron chi connectivity index (χ0n) is 14.2. The van der Waals surface area contributed by atoms with Crippen LogP contribution in [0.25, 0.3) is 0 Å². The highest BCUT2D eigenvalue weighted by Crippen LogP contribution is 2.19. The van der Waals surface area contributed by atoms with Crippen molar-refractivity contribution in [2.75, 3.05) is 33.2 Å². The van der Waals surface area contributed by atoms with E-state index < -0.39 is 0 Å². The number of hydrogen-bond donors (Lipinski definition) is 2. The standard InChI is InChI=1S/C16H30N6/c1-16(2,21-10-5-4-6-11-21)14-19-15(17-3)18-9-13-22-12-7-8-20-22/h7-8,12H,4-6,9-11,13-14H2,1-3H3,(H2,17,18,19). The summed E-state index contributed by atoms with van der Waals surface area (Å²) in [5.74, 6) is 0.859. The van der Waals surface area contributed by atoms with Gasteiger partial charge in [0.05, 0.1) is 6.54 Å². The van der Waals surface area contributed by atoms with Gasteiger partial charge in [0, 0.05) is 38.1 Å². The van der Waals surface area contributed by atoms with E-state index in [1.807, 2.05) is 24.0 Å². The number of nitrogens with zero attached hydrogens (tertiary/aromatic N) is 4. The Morgan fingerprint density at radius 3 is 2.64 bits per heavy atom. The van der Waals surface area contributed by atoms with Crippen molar-refractivity contribution in [2.24, 2.45) is 4.99 Å². The molecule has 6 nitrogen and oxygen atoms in total. The summed E-state index contributed by atoms with van der Waals surface area (Å²) in [4.78, 5) is 6.89. The van der Waals surface area contributed by atoms with Crippen LogP contribution in [0.3, 0.4) is 0 Å². The molecule has 0 bridgehead atoms. The van der Waals surface area contributed by atoms with Crippen molar-refractivity contribution in [1.82, 2.24) is 25.3 Å². The number of aliphatic imine (C=N–C) groups is 1. The molecule has 6 heteroatoms. The van der Waals surface area contributed by atoms with Gasteiger partial charge in [-0.2, -0.15) is 5.10 Å². The second-order valence-electron chi connectivity index (χ2n) is 6.48. The molecule has 0 saturated carbocycles. The molecule has 0 spiro atoms. The molecule has 1 aromatic rings. The van der Waals surface area contributed by atoms with E-state index in [-0.39, 0.29) is 5.54 Å². The van der Waals surface area contributed by atoms with E-state index in [0.717, 1.165) is 25.6 Å². The third-order valence-electron chi connectivity index (χ3n) is 4.32. The summed E-state index contributed by atoms with van der Waals surface area (Å²) >= 11 is 0. The summed E-state index contributed by atoms with van der Waals surface area (Å²) in [7, 11) is 1.82. The molecule has 1 aromatic heterocycles. The minimum Gasteiger partial charge on any atom is -0.355 e. The average molecular weight is 306 g/mol. The fourth-order valence-electron chi connectivity index (χ4n) is 2.85. The van der Waals surface area contributed by atoms with Gasteiger partial charge in [-0.3, -0.25) is 14.6 Å². The van der Waals surface area contributed by atoms with Gasteiger partial charge in [-0.1, -0.05) is 6.42 Å². The second-order valence-corrected chi connectivity index (χ2v) is 6.48. The Kier molecular flexibility index (Phi) is 6.24. The van der Waals surface area contributed by atoms with Gasteiger partial charge in [-0.05, 0) is 45.8 Å². The normalized spacial score (nSPS) is 17.5. The largest absolute Gasteiger partial charge is 0.355 e. The molecule has 0 unspecified atom stereocenters. The third kappa shape index (κ3) is 5.02. The van der Waals surface area contributed by atoms with E-state index in [9.17, 15) is 0 Å². The highest BCUT2D eigenvalue weighted by molar-refractivity contribution is 5.79. The molecule has 2 heterocycles. The lowest BCUT2D eigenvalue weighted by Gasteiger charge is -2.41. The summed E-state index contributed by atoms with van der Waals surface area (Å²) in [5.41, 5.74) is 0.153. The van der Waals surface area contributed by atoms with E-state index in [4.69, 9.17) is 0 Å². The summed E-state index contributed by atoms with van der Waals surface area (Å²) in [6.45, 7) is 9.58. The lowest BCUT2D eigenvalue weighted by Crippen LogP contribution is -2.55. The maximum Gasteiger partial charge on any atom is 0.191 e. The Morgan fingerprint density at radius 2 is 2.00 bits per heavy atom. The summed E-state index contributed by atoms with van der Waals surface area (Å²) in [6.07, 6.45) is 7.78. The molecule has 0 aromatic carbocycles. The molecule has 2 N–H and O–H groups in total. The van der Waals surface area contributed by atoms with E-state index in [1.54, 1.807) is 6.20 Å². The molecular weight excluding hydrogens is 276 g/mol. The topological polar surface area (TPSA) is 57.5 Å². The monoisotopic (exact) mass is 306 g/mol. The predicted octanol–water partition coefficient (Wildman–Crippen LogP) is 1.31. The molecule has 0 atom stereocenters. The van der Waals surface area contributed by atoms with Crippen molar-refractivity contribution >= 4 is 5.96 Å². The fraction of sp³-hybridized carbons (Fsp3) is 0.750. The van der Waals surface area contributed by atoms with Crippen molar-refractivity contribution in [2.45, 2.75) is 45.2 Å². The molecule has 1 fully saturated rings. The van der Waals surface area contributed by atoms with Crippen LogP contribution in [0.5, 0.6) is 0 Å². The number of hydrogen-bond acceptors (Lipinski definition) is 3. The molecule has 22 heavy (non-hydrogen) atoms. The molecule has 0 aliphatic carbocycles. The van der Waals surface area contributed by atoms with Crippen LogP contribution in [0.2, 0.25) is 0 Å². The smallest absolute Gasteiger partial charge is 0.191 e. The predicted molar refractivity (Wildman–Crippen MR) is 91.1 cm³/mol. The molecular formula is C16H30N6. The Bertz CT molecular complexity index is 445. The molecule has 0 amide bonds. The summed E-state index contributed by atoms with van der Waals surface area (Å²) in [5, 5.41) is 11.0. The number of aromatic nitrogens is 2. The second kappa shape index (κ2) is 8.17. The number of likely N-dealkylation sites (tertiary alicyclic amines) is 1. The first-order chi connectivity index (χ1) is 10.6. The van der Waals surface area contributed by atoms with Gasteiger partial charge < -0.3 is 10.6 Å². The Balaban J connectivity index is 1.72. The maximum absolute atomic E-state index is 4.30. The highest BCUT2D eigenvalue weighted by Gasteiger charge is 2.27. The van der Waals surface area contributed by atoms with Crippen molar-refractivity contribution in [3.63, 3.8) is 0 Å². The fourth-order valence-corrected chi connectivity index (χ4v) is 2.85. The number of nitrogens with one attached hydrogen (secondary N) is 2. The van der Waals surface area contributed by atoms with Crippen molar-refractivity contribution in [3.05, 3.63) is 18.5 Å². The van der Waals surface area contributed by atoms with Crippen LogP contribution in [-0.2, 0) is 6.54 Å². The molecule has 0 radical (unpaired) electrons. The molecule has 1 saturated heterocycles. The number of piperidine rings is 1. The minimum absolute atomic E-state index is 0.153. The molecule has 1 aliphatic rings. The minimum atomic E-state index is 0.153. The van der Waals surface area contributed by atoms with E-state index in [1.165, 1.54) is 32.4 Å². The van der Waals surface area contributed by atoms with Crippen molar-refractivity contribution < 1.29 is 0 Å². The van der Waals surface area contributed by atoms with Gasteiger partial charge in [0.25, 0.3) is 0 Å². The third-order valence-corrected chi connectivity index (χ3v) is 4.32. The summed E-state index contributed by atoms with van der Waals surface area (Å²) < 4.78 is 1.91. The van der Waals surface area contributed by atoms with Crippen LogP contribution >= 0.6 is 0 Å². The van der Waals surface area contributed by atoms with Gasteiger partial charge >= 0.3 is 0 Å². The molecule has 2 rings (SSSR count). The van der Waals surface area contributed by atoms with Crippen LogP contribution in [0.1, 0.15) is 33.1 Å². The maximum atomic E-state index is 4.30. The van der Waals surface area contributed by atoms with Crippen LogP contribution in [-0.4, -0.2) is 59.4 Å². The quantitative estimate of drug-likeness (QED) is 0.615. The van der Waals surface area contributed by atoms with Gasteiger partial charge in [-0.15, -0.1) is 0 Å². The number of rotatable bonds is 6. The summed E-state index contributed by atoms with van der Waals surface area (Å²) in [6, 6.07) is 1.94. The SMILES string of the molecule is CN=C(NCCn1cccn1)NCC(C)(C)N1CCCCC1. The zero-order chi connectivity index (χ0) is 15.8.